The van der Waals surface area contributed by atoms with Gasteiger partial charge in [-0.25, -0.2) is 0 Å². The molecule has 0 saturated heterocycles. The first-order valence-corrected chi connectivity index (χ1v) is 7.27. The summed E-state index contributed by atoms with van der Waals surface area (Å²) in [5.41, 5.74) is 1.03. The Morgan fingerprint density at radius 3 is 2.31 bits per heavy atom. The van der Waals surface area contributed by atoms with Gasteiger partial charge < -0.3 is 4.42 Å². The Hall–Kier alpha value is 0.110. The van der Waals surface area contributed by atoms with Gasteiger partial charge >= 0.3 is 0 Å². The van der Waals surface area contributed by atoms with Crippen LogP contribution < -0.4 is 0 Å². The molecule has 0 amide bonds. The number of aldehydes is 1. The molecule has 0 aliphatic heterocycles. The molecule has 1 aromatic heterocycles. The van der Waals surface area contributed by atoms with Crippen LogP contribution >= 0.6 is 61.1 Å². The van der Waals surface area contributed by atoms with Crippen LogP contribution in [-0.2, 0) is 0 Å². The Balaban J connectivity index is 2.59. The summed E-state index contributed by atoms with van der Waals surface area (Å²) in [6.07, 6.45) is 0.710. The van der Waals surface area contributed by atoms with E-state index in [9.17, 15) is 4.79 Å². The highest BCUT2D eigenvalue weighted by Gasteiger charge is 2.12. The van der Waals surface area contributed by atoms with Crippen LogP contribution in [0.4, 0.5) is 0 Å². The molecule has 2 aromatic rings. The molecule has 0 fully saturated rings. The van der Waals surface area contributed by atoms with E-state index in [4.69, 9.17) is 4.42 Å². The summed E-state index contributed by atoms with van der Waals surface area (Å²) in [5, 5.41) is 0. The van der Waals surface area contributed by atoms with E-state index >= 15 is 0 Å². The van der Waals surface area contributed by atoms with Gasteiger partial charge in [0.05, 0.1) is 0 Å². The minimum Gasteiger partial charge on any atom is -0.453 e. The summed E-state index contributed by atoms with van der Waals surface area (Å²) in [6, 6.07) is 7.52. The van der Waals surface area contributed by atoms with E-state index in [1.807, 2.05) is 18.2 Å². The zero-order valence-electron chi connectivity index (χ0n) is 7.84. The molecular weight excluding hydrogens is 498 g/mol. The Morgan fingerprint density at radius 1 is 1.19 bits per heavy atom. The minimum absolute atomic E-state index is 0.351. The van der Waals surface area contributed by atoms with Crippen molar-refractivity contribution in [2.45, 2.75) is 0 Å². The second kappa shape index (κ2) is 5.18. The molecule has 0 atom stereocenters. The number of hydrogen-bond donors (Lipinski definition) is 0. The lowest BCUT2D eigenvalue weighted by molar-refractivity contribution is 0.110. The Labute approximate surface area is 128 Å². The number of halogens is 3. The first kappa shape index (κ1) is 12.6. The standard InChI is InChI=1S/C11H5BrI2O2/c12-6-3-8(13)11(9(14)4-6)10-2-1-7(5-15)16-10/h1-5H. The number of benzene rings is 1. The molecular formula is C11H5BrI2O2. The van der Waals surface area contributed by atoms with Crippen molar-refractivity contribution in [1.29, 1.82) is 0 Å². The monoisotopic (exact) mass is 502 g/mol. The number of hydrogen-bond acceptors (Lipinski definition) is 2. The summed E-state index contributed by atoms with van der Waals surface area (Å²) in [4.78, 5) is 10.6. The fourth-order valence-electron chi connectivity index (χ4n) is 1.33. The van der Waals surface area contributed by atoms with Crippen LogP contribution in [0.5, 0.6) is 0 Å². The molecule has 0 saturated carbocycles. The molecule has 5 heteroatoms. The van der Waals surface area contributed by atoms with E-state index in [1.165, 1.54) is 0 Å². The average molecular weight is 503 g/mol. The molecule has 0 aliphatic carbocycles. The Bertz CT molecular complexity index is 526. The highest BCUT2D eigenvalue weighted by molar-refractivity contribution is 14.1. The third-order valence-electron chi connectivity index (χ3n) is 2.00. The number of carbonyl (C=O) groups excluding carboxylic acids is 1. The van der Waals surface area contributed by atoms with Crippen molar-refractivity contribution < 1.29 is 9.21 Å². The fraction of sp³-hybridized carbons (Fsp3) is 0. The van der Waals surface area contributed by atoms with Crippen LogP contribution in [0, 0.1) is 7.14 Å². The van der Waals surface area contributed by atoms with Gasteiger partial charge in [-0.3, -0.25) is 4.79 Å². The lowest BCUT2D eigenvalue weighted by Crippen LogP contribution is -1.86. The smallest absolute Gasteiger partial charge is 0.185 e. The summed E-state index contributed by atoms with van der Waals surface area (Å²) in [7, 11) is 0. The van der Waals surface area contributed by atoms with Crippen molar-refractivity contribution in [1.82, 2.24) is 0 Å². The van der Waals surface area contributed by atoms with Gasteiger partial charge in [0.25, 0.3) is 0 Å². The van der Waals surface area contributed by atoms with Crippen molar-refractivity contribution in [3.8, 4) is 11.3 Å². The molecule has 2 nitrogen and oxygen atoms in total. The Morgan fingerprint density at radius 2 is 1.81 bits per heavy atom. The van der Waals surface area contributed by atoms with Crippen molar-refractivity contribution in [3.05, 3.63) is 41.6 Å². The average Bonchev–Trinajstić information content (AvgIpc) is 2.64. The maximum absolute atomic E-state index is 10.6. The second-order valence-electron chi connectivity index (χ2n) is 3.06. The van der Waals surface area contributed by atoms with Crippen molar-refractivity contribution in [3.63, 3.8) is 0 Å². The predicted octanol–water partition coefficient (Wildman–Crippen LogP) is 4.73. The lowest BCUT2D eigenvalue weighted by Gasteiger charge is -2.05. The van der Waals surface area contributed by atoms with E-state index in [2.05, 4.69) is 61.1 Å². The topological polar surface area (TPSA) is 30.2 Å². The molecule has 1 aromatic carbocycles. The maximum Gasteiger partial charge on any atom is 0.185 e. The molecule has 0 aliphatic rings. The molecule has 16 heavy (non-hydrogen) atoms. The van der Waals surface area contributed by atoms with Crippen LogP contribution in [0.3, 0.4) is 0 Å². The zero-order chi connectivity index (χ0) is 11.7. The van der Waals surface area contributed by atoms with Crippen LogP contribution in [0.25, 0.3) is 11.3 Å². The van der Waals surface area contributed by atoms with Crippen LogP contribution in [0.2, 0.25) is 0 Å². The molecule has 0 N–H and O–H groups in total. The minimum atomic E-state index is 0.351. The van der Waals surface area contributed by atoms with Gasteiger partial charge in [-0.15, -0.1) is 0 Å². The summed E-state index contributed by atoms with van der Waals surface area (Å²) >= 11 is 7.95. The van der Waals surface area contributed by atoms with E-state index < -0.39 is 0 Å². The number of rotatable bonds is 2. The van der Waals surface area contributed by atoms with Gasteiger partial charge in [0.2, 0.25) is 0 Å². The SMILES string of the molecule is O=Cc1ccc(-c2c(I)cc(Br)cc2I)o1. The summed E-state index contributed by atoms with van der Waals surface area (Å²) in [6.45, 7) is 0. The fourth-order valence-corrected chi connectivity index (χ4v) is 4.94. The van der Waals surface area contributed by atoms with Gasteiger partial charge in [0.1, 0.15) is 5.76 Å². The molecule has 0 unspecified atom stereocenters. The first-order chi connectivity index (χ1) is 7.61. The zero-order valence-corrected chi connectivity index (χ0v) is 13.7. The molecule has 2 rings (SSSR count). The van der Waals surface area contributed by atoms with Gasteiger partial charge in [-0.05, 0) is 69.4 Å². The highest BCUT2D eigenvalue weighted by Crippen LogP contribution is 2.33. The van der Waals surface area contributed by atoms with E-state index in [0.29, 0.717) is 12.0 Å². The van der Waals surface area contributed by atoms with Crippen LogP contribution in [0.15, 0.2) is 33.2 Å². The van der Waals surface area contributed by atoms with Gasteiger partial charge in [-0.2, -0.15) is 0 Å². The van der Waals surface area contributed by atoms with E-state index in [1.54, 1.807) is 6.07 Å². The van der Waals surface area contributed by atoms with Gasteiger partial charge in [0.15, 0.2) is 12.0 Å². The molecule has 82 valence electrons. The molecule has 1 heterocycles. The summed E-state index contributed by atoms with van der Waals surface area (Å²) in [5.74, 6) is 1.08. The Kier molecular flexibility index (Phi) is 4.06. The molecule has 0 spiro atoms. The third kappa shape index (κ3) is 2.51. The molecule has 0 radical (unpaired) electrons. The van der Waals surface area contributed by atoms with Gasteiger partial charge in [-0.1, -0.05) is 15.9 Å². The lowest BCUT2D eigenvalue weighted by atomic mass is 10.2. The van der Waals surface area contributed by atoms with Crippen LogP contribution in [0.1, 0.15) is 10.6 Å². The first-order valence-electron chi connectivity index (χ1n) is 4.31. The normalized spacial score (nSPS) is 10.4. The van der Waals surface area contributed by atoms with Crippen molar-refractivity contribution in [2.24, 2.45) is 0 Å². The number of carbonyl (C=O) groups is 1. The predicted molar refractivity (Wildman–Crippen MR) is 82.7 cm³/mol. The van der Waals surface area contributed by atoms with Gasteiger partial charge in [0, 0.05) is 17.2 Å². The van der Waals surface area contributed by atoms with Crippen molar-refractivity contribution in [2.75, 3.05) is 0 Å². The van der Waals surface area contributed by atoms with Crippen molar-refractivity contribution >= 4 is 67.4 Å². The largest absolute Gasteiger partial charge is 0.453 e. The maximum atomic E-state index is 10.6. The van der Waals surface area contributed by atoms with E-state index in [-0.39, 0.29) is 0 Å². The van der Waals surface area contributed by atoms with E-state index in [0.717, 1.165) is 22.9 Å². The van der Waals surface area contributed by atoms with Crippen LogP contribution in [-0.4, -0.2) is 6.29 Å². The molecule has 0 bridgehead atoms. The number of furan rings is 1. The summed E-state index contributed by atoms with van der Waals surface area (Å²) < 4.78 is 8.63. The third-order valence-corrected chi connectivity index (χ3v) is 4.16. The highest BCUT2D eigenvalue weighted by atomic mass is 127. The second-order valence-corrected chi connectivity index (χ2v) is 6.30. The quantitative estimate of drug-likeness (QED) is 0.439.